The number of Topliss-reactive ketones (excluding diaryl/α,β-unsaturated/α-hetero) is 1. The van der Waals surface area contributed by atoms with E-state index in [-0.39, 0.29) is 5.78 Å². The fraction of sp³-hybridized carbons (Fsp3) is 0.214. The van der Waals surface area contributed by atoms with Crippen LogP contribution in [-0.2, 0) is 6.42 Å². The monoisotopic (exact) mass is 226 g/mol. The minimum absolute atomic E-state index is 0.0774. The van der Waals surface area contributed by atoms with Crippen molar-refractivity contribution in [3.63, 3.8) is 0 Å². The zero-order chi connectivity index (χ0) is 12.3. The highest BCUT2D eigenvalue weighted by molar-refractivity contribution is 5.97. The Morgan fingerprint density at radius 1 is 1.18 bits per heavy atom. The smallest absolute Gasteiger partial charge is 0.168 e. The summed E-state index contributed by atoms with van der Waals surface area (Å²) in [7, 11) is 0. The lowest BCUT2D eigenvalue weighted by Crippen LogP contribution is -2.06. The van der Waals surface area contributed by atoms with Crippen LogP contribution in [0.4, 0.5) is 0 Å². The summed E-state index contributed by atoms with van der Waals surface area (Å²) in [6, 6.07) is 9.36. The summed E-state index contributed by atoms with van der Waals surface area (Å²) >= 11 is 0. The molecule has 0 aliphatic carbocycles. The molecule has 0 spiro atoms. The topological polar surface area (TPSA) is 42.9 Å². The number of rotatable bonds is 3. The molecule has 0 radical (unpaired) electrons. The number of nitrogens with zero attached hydrogens (tertiary/aromatic N) is 2. The van der Waals surface area contributed by atoms with Gasteiger partial charge in [-0.2, -0.15) is 10.2 Å². The number of benzene rings is 1. The molecule has 0 amide bonds. The van der Waals surface area contributed by atoms with Crippen LogP contribution >= 0.6 is 0 Å². The third-order valence-electron chi connectivity index (χ3n) is 2.80. The van der Waals surface area contributed by atoms with E-state index in [0.717, 1.165) is 11.1 Å². The first-order chi connectivity index (χ1) is 8.16. The van der Waals surface area contributed by atoms with Crippen LogP contribution in [0, 0.1) is 13.8 Å². The summed E-state index contributed by atoms with van der Waals surface area (Å²) in [5, 5.41) is 7.67. The predicted molar refractivity (Wildman–Crippen MR) is 66.0 cm³/mol. The Kier molecular flexibility index (Phi) is 3.28. The molecule has 17 heavy (non-hydrogen) atoms. The molecule has 0 unspecified atom stereocenters. The van der Waals surface area contributed by atoms with Crippen LogP contribution in [0.15, 0.2) is 36.5 Å². The molecule has 86 valence electrons. The van der Waals surface area contributed by atoms with Gasteiger partial charge in [-0.25, -0.2) is 0 Å². The van der Waals surface area contributed by atoms with Gasteiger partial charge in [0.1, 0.15) is 0 Å². The molecule has 0 fully saturated rings. The second-order valence-corrected chi connectivity index (χ2v) is 4.11. The van der Waals surface area contributed by atoms with E-state index in [1.807, 2.05) is 38.1 Å². The van der Waals surface area contributed by atoms with E-state index in [0.29, 0.717) is 12.1 Å². The van der Waals surface area contributed by atoms with Crippen molar-refractivity contribution in [3.05, 3.63) is 58.9 Å². The summed E-state index contributed by atoms with van der Waals surface area (Å²) in [6.07, 6.45) is 1.90. The van der Waals surface area contributed by atoms with E-state index < -0.39 is 0 Å². The Morgan fingerprint density at radius 3 is 2.65 bits per heavy atom. The molecular weight excluding hydrogens is 212 g/mol. The van der Waals surface area contributed by atoms with E-state index in [1.165, 1.54) is 5.56 Å². The molecule has 2 rings (SSSR count). The van der Waals surface area contributed by atoms with Crippen molar-refractivity contribution in [1.29, 1.82) is 0 Å². The van der Waals surface area contributed by atoms with Crippen molar-refractivity contribution in [2.45, 2.75) is 20.3 Å². The van der Waals surface area contributed by atoms with Crippen LogP contribution in [0.1, 0.15) is 27.2 Å². The quantitative estimate of drug-likeness (QED) is 0.755. The number of aryl methyl sites for hydroxylation is 2. The highest BCUT2D eigenvalue weighted by Gasteiger charge is 2.08. The van der Waals surface area contributed by atoms with Gasteiger partial charge in [0.25, 0.3) is 0 Å². The largest absolute Gasteiger partial charge is 0.294 e. The lowest BCUT2D eigenvalue weighted by atomic mass is 10.0. The van der Waals surface area contributed by atoms with Crippen LogP contribution in [0.2, 0.25) is 0 Å². The summed E-state index contributed by atoms with van der Waals surface area (Å²) in [5.74, 6) is 0.0774. The highest BCUT2D eigenvalue weighted by atomic mass is 16.1. The molecule has 0 N–H and O–H groups in total. The van der Waals surface area contributed by atoms with E-state index in [2.05, 4.69) is 10.2 Å². The Morgan fingerprint density at radius 2 is 2.00 bits per heavy atom. The standard InChI is InChI=1S/C14H14N2O/c1-10-5-6-12(8-11(10)2)14(17)9-13-4-3-7-15-16-13/h3-8H,9H2,1-2H3. The molecule has 0 aliphatic rings. The fourth-order valence-electron chi connectivity index (χ4n) is 1.61. The second kappa shape index (κ2) is 4.87. The van der Waals surface area contributed by atoms with Gasteiger partial charge in [0.15, 0.2) is 5.78 Å². The van der Waals surface area contributed by atoms with Gasteiger partial charge in [-0.05, 0) is 43.2 Å². The zero-order valence-electron chi connectivity index (χ0n) is 9.97. The van der Waals surface area contributed by atoms with Crippen LogP contribution in [0.25, 0.3) is 0 Å². The van der Waals surface area contributed by atoms with Gasteiger partial charge in [-0.15, -0.1) is 0 Å². The lowest BCUT2D eigenvalue weighted by molar-refractivity contribution is 0.0991. The summed E-state index contributed by atoms with van der Waals surface area (Å²) in [4.78, 5) is 12.0. The average Bonchev–Trinajstić information content (AvgIpc) is 2.34. The van der Waals surface area contributed by atoms with Gasteiger partial charge in [0, 0.05) is 11.8 Å². The molecule has 0 atom stereocenters. The number of hydrogen-bond acceptors (Lipinski definition) is 3. The predicted octanol–water partition coefficient (Wildman–Crippen LogP) is 2.52. The molecule has 1 heterocycles. The molecule has 1 aromatic carbocycles. The maximum absolute atomic E-state index is 12.0. The number of carbonyl (C=O) groups is 1. The Bertz CT molecular complexity index is 535. The summed E-state index contributed by atoms with van der Waals surface area (Å²) in [5.41, 5.74) is 3.77. The van der Waals surface area contributed by atoms with E-state index in [1.54, 1.807) is 12.3 Å². The highest BCUT2D eigenvalue weighted by Crippen LogP contribution is 2.11. The van der Waals surface area contributed by atoms with E-state index in [9.17, 15) is 4.79 Å². The molecule has 2 aromatic rings. The molecule has 0 saturated heterocycles. The van der Waals surface area contributed by atoms with Crippen LogP contribution in [-0.4, -0.2) is 16.0 Å². The molecule has 1 aromatic heterocycles. The van der Waals surface area contributed by atoms with Gasteiger partial charge >= 0.3 is 0 Å². The Labute approximate surface area is 101 Å². The number of hydrogen-bond donors (Lipinski definition) is 0. The number of ketones is 1. The molecule has 3 heteroatoms. The van der Waals surface area contributed by atoms with Crippen molar-refractivity contribution in [2.75, 3.05) is 0 Å². The molecular formula is C14H14N2O. The second-order valence-electron chi connectivity index (χ2n) is 4.11. The van der Waals surface area contributed by atoms with Crippen molar-refractivity contribution in [3.8, 4) is 0 Å². The van der Waals surface area contributed by atoms with Crippen LogP contribution in [0.5, 0.6) is 0 Å². The lowest BCUT2D eigenvalue weighted by Gasteiger charge is -2.04. The normalized spacial score (nSPS) is 10.2. The fourth-order valence-corrected chi connectivity index (χ4v) is 1.61. The SMILES string of the molecule is Cc1ccc(C(=O)Cc2cccnn2)cc1C. The molecule has 0 aliphatic heterocycles. The maximum Gasteiger partial charge on any atom is 0.168 e. The first kappa shape index (κ1) is 11.5. The van der Waals surface area contributed by atoms with Crippen molar-refractivity contribution in [1.82, 2.24) is 10.2 Å². The first-order valence-electron chi connectivity index (χ1n) is 5.54. The van der Waals surface area contributed by atoms with Crippen molar-refractivity contribution in [2.24, 2.45) is 0 Å². The van der Waals surface area contributed by atoms with Crippen molar-refractivity contribution < 1.29 is 4.79 Å². The number of aromatic nitrogens is 2. The molecule has 3 nitrogen and oxygen atoms in total. The minimum Gasteiger partial charge on any atom is -0.294 e. The average molecular weight is 226 g/mol. The summed E-state index contributed by atoms with van der Waals surface area (Å²) < 4.78 is 0. The van der Waals surface area contributed by atoms with Gasteiger partial charge in [0.05, 0.1) is 12.1 Å². The van der Waals surface area contributed by atoms with Gasteiger partial charge in [0.2, 0.25) is 0 Å². The van der Waals surface area contributed by atoms with E-state index >= 15 is 0 Å². The minimum atomic E-state index is 0.0774. The van der Waals surface area contributed by atoms with Gasteiger partial charge < -0.3 is 0 Å². The van der Waals surface area contributed by atoms with E-state index in [4.69, 9.17) is 0 Å². The Balaban J connectivity index is 2.18. The first-order valence-corrected chi connectivity index (χ1v) is 5.54. The third kappa shape index (κ3) is 2.75. The number of carbonyl (C=O) groups excluding carboxylic acids is 1. The van der Waals surface area contributed by atoms with Crippen LogP contribution < -0.4 is 0 Å². The van der Waals surface area contributed by atoms with Crippen LogP contribution in [0.3, 0.4) is 0 Å². The third-order valence-corrected chi connectivity index (χ3v) is 2.80. The molecule has 0 bridgehead atoms. The van der Waals surface area contributed by atoms with Gasteiger partial charge in [-0.1, -0.05) is 12.1 Å². The summed E-state index contributed by atoms with van der Waals surface area (Å²) in [6.45, 7) is 4.04. The molecule has 0 saturated carbocycles. The Hall–Kier alpha value is -2.03. The van der Waals surface area contributed by atoms with Crippen molar-refractivity contribution >= 4 is 5.78 Å². The zero-order valence-corrected chi connectivity index (χ0v) is 9.97. The maximum atomic E-state index is 12.0. The van der Waals surface area contributed by atoms with Gasteiger partial charge in [-0.3, -0.25) is 4.79 Å².